The Hall–Kier alpha value is -2.29. The Labute approximate surface area is 161 Å². The molecule has 2 aromatic rings. The zero-order chi connectivity index (χ0) is 19.6. The second kappa shape index (κ2) is 5.60. The Balaban J connectivity index is 1.98. The molecule has 3 heteroatoms. The summed E-state index contributed by atoms with van der Waals surface area (Å²) in [4.78, 5) is 11.5. The number of ether oxygens (including phenoxy) is 2. The molecule has 27 heavy (non-hydrogen) atoms. The molecule has 0 saturated carbocycles. The van der Waals surface area contributed by atoms with Gasteiger partial charge in [0.2, 0.25) is 0 Å². The van der Waals surface area contributed by atoms with Gasteiger partial charge in [-0.2, -0.15) is 0 Å². The molecule has 1 unspecified atom stereocenters. The fourth-order valence-electron chi connectivity index (χ4n) is 5.66. The van der Waals surface area contributed by atoms with Crippen LogP contribution >= 0.6 is 0 Å². The zero-order valence-corrected chi connectivity index (χ0v) is 17.1. The number of benzene rings is 2. The van der Waals surface area contributed by atoms with Crippen molar-refractivity contribution in [1.82, 2.24) is 0 Å². The Morgan fingerprint density at radius 3 is 1.78 bits per heavy atom. The van der Waals surface area contributed by atoms with E-state index in [4.69, 9.17) is 9.47 Å². The molecule has 2 aromatic carbocycles. The van der Waals surface area contributed by atoms with Crippen molar-refractivity contribution in [1.29, 1.82) is 0 Å². The lowest BCUT2D eigenvalue weighted by Gasteiger charge is -2.30. The molecule has 142 valence electrons. The van der Waals surface area contributed by atoms with Gasteiger partial charge in [-0.15, -0.1) is 0 Å². The summed E-state index contributed by atoms with van der Waals surface area (Å²) in [6.07, 6.45) is 2.09. The van der Waals surface area contributed by atoms with Crippen LogP contribution in [0.2, 0.25) is 0 Å². The minimum atomic E-state index is -0.282. The zero-order valence-electron chi connectivity index (χ0n) is 17.1. The third-order valence-corrected chi connectivity index (χ3v) is 6.46. The van der Waals surface area contributed by atoms with E-state index in [2.05, 4.69) is 58.0 Å². The van der Waals surface area contributed by atoms with Gasteiger partial charge in [0.15, 0.2) is 0 Å². The van der Waals surface area contributed by atoms with Crippen molar-refractivity contribution in [3.63, 3.8) is 0 Å². The molecule has 0 heterocycles. The van der Waals surface area contributed by atoms with Gasteiger partial charge in [-0.05, 0) is 70.2 Å². The average molecular weight is 364 g/mol. The van der Waals surface area contributed by atoms with Crippen molar-refractivity contribution in [3.8, 4) is 11.5 Å². The standard InChI is InChI=1S/C24H28O3/c1-15(25)27-17-8-10-19-21(12-17)24(14-23(19,4)5)13-22(2,3)18-9-7-16(26-6)11-20(18)24/h7-12H,13-14H2,1-6H3. The summed E-state index contributed by atoms with van der Waals surface area (Å²) in [5.74, 6) is 1.25. The maximum absolute atomic E-state index is 11.5. The molecule has 1 spiro atoms. The number of esters is 1. The van der Waals surface area contributed by atoms with Gasteiger partial charge in [0, 0.05) is 12.3 Å². The third kappa shape index (κ3) is 2.59. The van der Waals surface area contributed by atoms with Gasteiger partial charge in [-0.25, -0.2) is 0 Å². The van der Waals surface area contributed by atoms with Crippen LogP contribution in [0.4, 0.5) is 0 Å². The van der Waals surface area contributed by atoms with E-state index in [0.717, 1.165) is 18.6 Å². The molecule has 2 aliphatic carbocycles. The SMILES string of the molecule is COc1ccc2c(c1)C1(CC2(C)C)CC(C)(C)c2ccc(OC(C)=O)cc21. The van der Waals surface area contributed by atoms with Gasteiger partial charge in [0.25, 0.3) is 0 Å². The van der Waals surface area contributed by atoms with Crippen LogP contribution < -0.4 is 9.47 Å². The molecule has 2 aliphatic rings. The number of methoxy groups -OCH3 is 1. The number of rotatable bonds is 2. The molecule has 0 N–H and O–H groups in total. The summed E-state index contributed by atoms with van der Waals surface area (Å²) in [6, 6.07) is 12.7. The summed E-state index contributed by atoms with van der Waals surface area (Å²) in [6.45, 7) is 10.7. The summed E-state index contributed by atoms with van der Waals surface area (Å²) in [5, 5.41) is 0. The highest BCUT2D eigenvalue weighted by Crippen LogP contribution is 2.63. The molecule has 0 amide bonds. The van der Waals surface area contributed by atoms with Crippen LogP contribution in [-0.4, -0.2) is 13.1 Å². The number of carbonyl (C=O) groups is 1. The van der Waals surface area contributed by atoms with Crippen molar-refractivity contribution < 1.29 is 14.3 Å². The predicted molar refractivity (Wildman–Crippen MR) is 107 cm³/mol. The fraction of sp³-hybridized carbons (Fsp3) is 0.458. The molecule has 0 fully saturated rings. The minimum Gasteiger partial charge on any atom is -0.497 e. The third-order valence-electron chi connectivity index (χ3n) is 6.46. The largest absolute Gasteiger partial charge is 0.497 e. The van der Waals surface area contributed by atoms with Crippen LogP contribution in [-0.2, 0) is 21.0 Å². The second-order valence-electron chi connectivity index (χ2n) is 9.42. The van der Waals surface area contributed by atoms with Crippen molar-refractivity contribution in [2.24, 2.45) is 0 Å². The van der Waals surface area contributed by atoms with Crippen LogP contribution in [0.5, 0.6) is 11.5 Å². The number of hydrogen-bond donors (Lipinski definition) is 0. The van der Waals surface area contributed by atoms with E-state index in [9.17, 15) is 4.79 Å². The molecule has 0 aromatic heterocycles. The van der Waals surface area contributed by atoms with Crippen LogP contribution in [0.3, 0.4) is 0 Å². The van der Waals surface area contributed by atoms with Gasteiger partial charge >= 0.3 is 5.97 Å². The monoisotopic (exact) mass is 364 g/mol. The topological polar surface area (TPSA) is 35.5 Å². The smallest absolute Gasteiger partial charge is 0.308 e. The van der Waals surface area contributed by atoms with Gasteiger partial charge in [-0.3, -0.25) is 4.79 Å². The number of fused-ring (bicyclic) bond motifs is 4. The summed E-state index contributed by atoms with van der Waals surface area (Å²) >= 11 is 0. The second-order valence-corrected chi connectivity index (χ2v) is 9.42. The van der Waals surface area contributed by atoms with Crippen LogP contribution in [0.25, 0.3) is 0 Å². The quantitative estimate of drug-likeness (QED) is 0.538. The molecular weight excluding hydrogens is 336 g/mol. The highest BCUT2D eigenvalue weighted by Gasteiger charge is 2.56. The first-order chi connectivity index (χ1) is 12.6. The molecule has 0 saturated heterocycles. The van der Waals surface area contributed by atoms with E-state index < -0.39 is 0 Å². The maximum Gasteiger partial charge on any atom is 0.308 e. The highest BCUT2D eigenvalue weighted by atomic mass is 16.5. The fourth-order valence-corrected chi connectivity index (χ4v) is 5.66. The van der Waals surface area contributed by atoms with Crippen LogP contribution in [0.15, 0.2) is 36.4 Å². The van der Waals surface area contributed by atoms with Gasteiger partial charge < -0.3 is 9.47 Å². The summed E-state index contributed by atoms with van der Waals surface area (Å²) in [5.41, 5.74) is 5.46. The summed E-state index contributed by atoms with van der Waals surface area (Å²) < 4.78 is 11.0. The number of hydrogen-bond acceptors (Lipinski definition) is 3. The normalized spacial score (nSPS) is 23.8. The summed E-state index contributed by atoms with van der Waals surface area (Å²) in [7, 11) is 1.72. The van der Waals surface area contributed by atoms with Gasteiger partial charge in [-0.1, -0.05) is 39.8 Å². The van der Waals surface area contributed by atoms with Crippen LogP contribution in [0, 0.1) is 0 Å². The van der Waals surface area contributed by atoms with Crippen molar-refractivity contribution in [3.05, 3.63) is 58.7 Å². The molecule has 0 aliphatic heterocycles. The average Bonchev–Trinajstić information content (AvgIpc) is 2.94. The Morgan fingerprint density at radius 2 is 1.30 bits per heavy atom. The predicted octanol–water partition coefficient (Wildman–Crippen LogP) is 5.27. The number of carbonyl (C=O) groups excluding carboxylic acids is 1. The van der Waals surface area contributed by atoms with E-state index >= 15 is 0 Å². The van der Waals surface area contributed by atoms with Gasteiger partial charge in [0.1, 0.15) is 11.5 Å². The lowest BCUT2D eigenvalue weighted by atomic mass is 9.72. The van der Waals surface area contributed by atoms with E-state index in [0.29, 0.717) is 5.75 Å². The van der Waals surface area contributed by atoms with E-state index in [1.54, 1.807) is 7.11 Å². The lowest BCUT2D eigenvalue weighted by Crippen LogP contribution is -2.27. The Morgan fingerprint density at radius 1 is 0.815 bits per heavy atom. The minimum absolute atomic E-state index is 0.0604. The first-order valence-corrected chi connectivity index (χ1v) is 9.62. The molecule has 0 bridgehead atoms. The van der Waals surface area contributed by atoms with Crippen molar-refractivity contribution in [2.45, 2.75) is 63.7 Å². The maximum atomic E-state index is 11.5. The molecule has 0 radical (unpaired) electrons. The first-order valence-electron chi connectivity index (χ1n) is 9.62. The lowest BCUT2D eigenvalue weighted by molar-refractivity contribution is -0.131. The first kappa shape index (κ1) is 18.1. The molecule has 1 atom stereocenters. The highest BCUT2D eigenvalue weighted by molar-refractivity contribution is 5.70. The molecular formula is C24H28O3. The van der Waals surface area contributed by atoms with E-state index in [-0.39, 0.29) is 22.2 Å². The van der Waals surface area contributed by atoms with E-state index in [1.807, 2.05) is 6.07 Å². The van der Waals surface area contributed by atoms with Crippen LogP contribution in [0.1, 0.15) is 69.7 Å². The molecule has 3 nitrogen and oxygen atoms in total. The van der Waals surface area contributed by atoms with E-state index in [1.165, 1.54) is 29.2 Å². The van der Waals surface area contributed by atoms with Crippen molar-refractivity contribution >= 4 is 5.97 Å². The van der Waals surface area contributed by atoms with Gasteiger partial charge in [0.05, 0.1) is 7.11 Å². The molecule has 4 rings (SSSR count). The Bertz CT molecular complexity index is 935. The Kier molecular flexibility index (Phi) is 3.76. The van der Waals surface area contributed by atoms with Crippen molar-refractivity contribution in [2.75, 3.05) is 7.11 Å².